The third kappa shape index (κ3) is 7.05. The Morgan fingerprint density at radius 2 is 1.88 bits per heavy atom. The van der Waals surface area contributed by atoms with Crippen molar-refractivity contribution in [2.75, 3.05) is 32.7 Å². The second-order valence-electron chi connectivity index (χ2n) is 6.00. The van der Waals surface area contributed by atoms with Gasteiger partial charge in [-0.05, 0) is 70.2 Å². The van der Waals surface area contributed by atoms with Gasteiger partial charge in [0.2, 0.25) is 0 Å². The first-order valence-corrected chi connectivity index (χ1v) is 7.65. The van der Waals surface area contributed by atoms with Gasteiger partial charge in [0.1, 0.15) is 0 Å². The van der Waals surface area contributed by atoms with Gasteiger partial charge >= 0.3 is 0 Å². The number of hydrogen-bond donors (Lipinski definition) is 1. The predicted molar refractivity (Wildman–Crippen MR) is 76.4 cm³/mol. The van der Waals surface area contributed by atoms with Crippen LogP contribution < -0.4 is 5.32 Å². The molecule has 0 atom stereocenters. The average Bonchev–Trinajstić information content (AvgIpc) is 2.34. The van der Waals surface area contributed by atoms with E-state index in [0.717, 1.165) is 11.8 Å². The van der Waals surface area contributed by atoms with Crippen molar-refractivity contribution < 1.29 is 0 Å². The second-order valence-corrected chi connectivity index (χ2v) is 6.00. The molecule has 0 saturated carbocycles. The number of rotatable bonds is 8. The van der Waals surface area contributed by atoms with Crippen LogP contribution in [0.4, 0.5) is 0 Å². The van der Waals surface area contributed by atoms with Gasteiger partial charge in [-0.2, -0.15) is 0 Å². The number of nitrogens with one attached hydrogen (secondary N) is 1. The minimum Gasteiger partial charge on any atom is -0.316 e. The topological polar surface area (TPSA) is 15.3 Å². The highest BCUT2D eigenvalue weighted by atomic mass is 15.1. The van der Waals surface area contributed by atoms with Crippen molar-refractivity contribution in [1.29, 1.82) is 0 Å². The standard InChI is InChI=1S/C15H32N2/c1-4-15-7-11-17(12-8-15)10-6-5-9-16-13-14(2)3/h14-16H,4-13H2,1-3H3. The summed E-state index contributed by atoms with van der Waals surface area (Å²) in [4.78, 5) is 2.66. The summed E-state index contributed by atoms with van der Waals surface area (Å²) in [6.45, 7) is 13.2. The van der Waals surface area contributed by atoms with Crippen LogP contribution in [0.3, 0.4) is 0 Å². The van der Waals surface area contributed by atoms with E-state index in [-0.39, 0.29) is 0 Å². The van der Waals surface area contributed by atoms with Crippen LogP contribution >= 0.6 is 0 Å². The van der Waals surface area contributed by atoms with E-state index in [2.05, 4.69) is 31.0 Å². The highest BCUT2D eigenvalue weighted by molar-refractivity contribution is 4.71. The molecule has 1 saturated heterocycles. The fourth-order valence-electron chi connectivity index (χ4n) is 2.59. The summed E-state index contributed by atoms with van der Waals surface area (Å²) >= 11 is 0. The number of piperidine rings is 1. The zero-order chi connectivity index (χ0) is 12.5. The third-order valence-corrected chi connectivity index (χ3v) is 3.91. The van der Waals surface area contributed by atoms with Gasteiger partial charge in [0.25, 0.3) is 0 Å². The zero-order valence-electron chi connectivity index (χ0n) is 12.2. The Balaban J connectivity index is 1.90. The molecule has 0 spiro atoms. The molecule has 2 nitrogen and oxygen atoms in total. The number of hydrogen-bond acceptors (Lipinski definition) is 2. The maximum absolute atomic E-state index is 3.52. The van der Waals surface area contributed by atoms with E-state index >= 15 is 0 Å². The quantitative estimate of drug-likeness (QED) is 0.656. The lowest BCUT2D eigenvalue weighted by molar-refractivity contribution is 0.179. The molecule has 2 heteroatoms. The van der Waals surface area contributed by atoms with Gasteiger partial charge in [-0.1, -0.05) is 27.2 Å². The van der Waals surface area contributed by atoms with Crippen molar-refractivity contribution in [1.82, 2.24) is 10.2 Å². The van der Waals surface area contributed by atoms with Crippen molar-refractivity contribution >= 4 is 0 Å². The van der Waals surface area contributed by atoms with Crippen molar-refractivity contribution in [2.24, 2.45) is 11.8 Å². The van der Waals surface area contributed by atoms with Crippen LogP contribution in [0.25, 0.3) is 0 Å². The summed E-state index contributed by atoms with van der Waals surface area (Å²) in [5, 5.41) is 3.52. The minimum atomic E-state index is 0.781. The number of likely N-dealkylation sites (tertiary alicyclic amines) is 1. The number of unbranched alkanes of at least 4 members (excludes halogenated alkanes) is 1. The smallest absolute Gasteiger partial charge is 0.00161 e. The molecule has 1 heterocycles. The zero-order valence-corrected chi connectivity index (χ0v) is 12.2. The normalized spacial score (nSPS) is 19.1. The Bertz CT molecular complexity index is 172. The molecule has 102 valence electrons. The van der Waals surface area contributed by atoms with E-state index in [1.54, 1.807) is 0 Å². The Morgan fingerprint density at radius 3 is 2.47 bits per heavy atom. The van der Waals surface area contributed by atoms with Crippen LogP contribution in [0.15, 0.2) is 0 Å². The van der Waals surface area contributed by atoms with Crippen LogP contribution in [-0.4, -0.2) is 37.6 Å². The molecule has 1 N–H and O–H groups in total. The fraction of sp³-hybridized carbons (Fsp3) is 1.00. The molecule has 0 radical (unpaired) electrons. The molecule has 0 aliphatic carbocycles. The van der Waals surface area contributed by atoms with Gasteiger partial charge in [-0.3, -0.25) is 0 Å². The van der Waals surface area contributed by atoms with Crippen molar-refractivity contribution in [3.63, 3.8) is 0 Å². The van der Waals surface area contributed by atoms with E-state index in [1.165, 1.54) is 64.8 Å². The molecule has 0 aromatic carbocycles. The molecule has 1 fully saturated rings. The van der Waals surface area contributed by atoms with Crippen LogP contribution in [0.1, 0.15) is 52.9 Å². The molecule has 1 aliphatic heterocycles. The Labute approximate surface area is 108 Å². The van der Waals surface area contributed by atoms with Crippen LogP contribution in [-0.2, 0) is 0 Å². The molecule has 0 aromatic heterocycles. The second kappa shape index (κ2) is 8.93. The highest BCUT2D eigenvalue weighted by Crippen LogP contribution is 2.19. The van der Waals surface area contributed by atoms with Gasteiger partial charge in [0.15, 0.2) is 0 Å². The lowest BCUT2D eigenvalue weighted by atomic mass is 9.94. The van der Waals surface area contributed by atoms with Crippen molar-refractivity contribution in [3.05, 3.63) is 0 Å². The third-order valence-electron chi connectivity index (χ3n) is 3.91. The average molecular weight is 240 g/mol. The Kier molecular flexibility index (Phi) is 7.87. The molecule has 0 unspecified atom stereocenters. The molecule has 0 amide bonds. The van der Waals surface area contributed by atoms with E-state index in [4.69, 9.17) is 0 Å². The first-order chi connectivity index (χ1) is 8.22. The lowest BCUT2D eigenvalue weighted by Crippen LogP contribution is -2.34. The van der Waals surface area contributed by atoms with E-state index in [9.17, 15) is 0 Å². The Morgan fingerprint density at radius 1 is 1.18 bits per heavy atom. The summed E-state index contributed by atoms with van der Waals surface area (Å²) in [6.07, 6.45) is 6.94. The van der Waals surface area contributed by atoms with E-state index in [0.29, 0.717) is 0 Å². The Hall–Kier alpha value is -0.0800. The largest absolute Gasteiger partial charge is 0.316 e. The molecular weight excluding hydrogens is 208 g/mol. The van der Waals surface area contributed by atoms with E-state index < -0.39 is 0 Å². The molecule has 0 bridgehead atoms. The highest BCUT2D eigenvalue weighted by Gasteiger charge is 2.16. The summed E-state index contributed by atoms with van der Waals surface area (Å²) in [7, 11) is 0. The maximum Gasteiger partial charge on any atom is -0.00161 e. The van der Waals surface area contributed by atoms with Gasteiger partial charge in [-0.25, -0.2) is 0 Å². The first-order valence-electron chi connectivity index (χ1n) is 7.65. The lowest BCUT2D eigenvalue weighted by Gasteiger charge is -2.31. The van der Waals surface area contributed by atoms with Crippen LogP contribution in [0.5, 0.6) is 0 Å². The maximum atomic E-state index is 3.52. The van der Waals surface area contributed by atoms with Gasteiger partial charge < -0.3 is 10.2 Å². The summed E-state index contributed by atoms with van der Waals surface area (Å²) in [5.41, 5.74) is 0. The van der Waals surface area contributed by atoms with Crippen molar-refractivity contribution in [2.45, 2.75) is 52.9 Å². The van der Waals surface area contributed by atoms with Gasteiger partial charge in [-0.15, -0.1) is 0 Å². The minimum absolute atomic E-state index is 0.781. The summed E-state index contributed by atoms with van der Waals surface area (Å²) < 4.78 is 0. The fourth-order valence-corrected chi connectivity index (χ4v) is 2.59. The number of nitrogens with zero attached hydrogens (tertiary/aromatic N) is 1. The van der Waals surface area contributed by atoms with Gasteiger partial charge in [0.05, 0.1) is 0 Å². The summed E-state index contributed by atoms with van der Waals surface area (Å²) in [5.74, 6) is 1.79. The van der Waals surface area contributed by atoms with Crippen LogP contribution in [0, 0.1) is 11.8 Å². The monoisotopic (exact) mass is 240 g/mol. The predicted octanol–water partition coefficient (Wildman–Crippen LogP) is 3.13. The first kappa shape index (κ1) is 15.0. The molecule has 0 aromatic rings. The van der Waals surface area contributed by atoms with E-state index in [1.807, 2.05) is 0 Å². The molecular formula is C15H32N2. The van der Waals surface area contributed by atoms with Crippen molar-refractivity contribution in [3.8, 4) is 0 Å². The SMILES string of the molecule is CCC1CCN(CCCCNCC(C)C)CC1. The molecule has 1 rings (SSSR count). The molecule has 17 heavy (non-hydrogen) atoms. The van der Waals surface area contributed by atoms with Crippen LogP contribution in [0.2, 0.25) is 0 Å². The molecule has 1 aliphatic rings. The van der Waals surface area contributed by atoms with Gasteiger partial charge in [0, 0.05) is 0 Å². The summed E-state index contributed by atoms with van der Waals surface area (Å²) in [6, 6.07) is 0.